The van der Waals surface area contributed by atoms with E-state index in [0.29, 0.717) is 6.54 Å². The third-order valence-electron chi connectivity index (χ3n) is 3.83. The molecule has 2 aromatic rings. The van der Waals surface area contributed by atoms with Gasteiger partial charge in [0.15, 0.2) is 0 Å². The number of amides is 2. The molecule has 2 aromatic heterocycles. The van der Waals surface area contributed by atoms with E-state index in [1.807, 2.05) is 18.7 Å². The minimum absolute atomic E-state index is 0.243. The van der Waals surface area contributed by atoms with Crippen molar-refractivity contribution < 1.29 is 4.79 Å². The molecule has 2 amide bonds. The van der Waals surface area contributed by atoms with Crippen LogP contribution in [-0.4, -0.2) is 20.4 Å². The van der Waals surface area contributed by atoms with E-state index in [1.165, 1.54) is 4.57 Å². The fraction of sp³-hybridized carbons (Fsp3) is 0.438. The lowest BCUT2D eigenvalue weighted by molar-refractivity contribution is 0.251. The summed E-state index contributed by atoms with van der Waals surface area (Å²) in [5, 5.41) is 9.88. The molecule has 0 fully saturated rings. The molecular weight excluding hydrogens is 294 g/mol. The lowest BCUT2D eigenvalue weighted by atomic mass is 10.1. The van der Waals surface area contributed by atoms with Gasteiger partial charge >= 0.3 is 6.03 Å². The van der Waals surface area contributed by atoms with E-state index in [-0.39, 0.29) is 11.2 Å². The molecule has 0 atom stereocenters. The standard InChI is InChI=1S/C16H23N5O2/c1-5-12-11(14(6-2)21(4)19-12)10-17-16(23)18-13-8-7-9-20(3)15(13)22/h7-9H,5-6,10H2,1-4H3,(H2,17,18,23). The van der Waals surface area contributed by atoms with Crippen molar-refractivity contribution >= 4 is 11.7 Å². The number of pyridine rings is 1. The highest BCUT2D eigenvalue weighted by Gasteiger charge is 2.14. The molecule has 2 rings (SSSR count). The number of nitrogens with one attached hydrogen (secondary N) is 2. The summed E-state index contributed by atoms with van der Waals surface area (Å²) in [7, 11) is 3.55. The van der Waals surface area contributed by atoms with E-state index >= 15 is 0 Å². The van der Waals surface area contributed by atoms with Crippen LogP contribution in [0.1, 0.15) is 30.8 Å². The van der Waals surface area contributed by atoms with Gasteiger partial charge in [0.05, 0.1) is 5.69 Å². The molecule has 0 spiro atoms. The van der Waals surface area contributed by atoms with E-state index in [1.54, 1.807) is 25.4 Å². The largest absolute Gasteiger partial charge is 0.334 e. The van der Waals surface area contributed by atoms with Crippen LogP contribution in [0, 0.1) is 0 Å². The van der Waals surface area contributed by atoms with E-state index in [2.05, 4.69) is 22.7 Å². The maximum atomic E-state index is 12.1. The van der Waals surface area contributed by atoms with Crippen LogP contribution in [0.5, 0.6) is 0 Å². The predicted octanol–water partition coefficient (Wildman–Crippen LogP) is 1.57. The Morgan fingerprint density at radius 2 is 2.00 bits per heavy atom. The van der Waals surface area contributed by atoms with Crippen molar-refractivity contribution in [3.8, 4) is 0 Å². The van der Waals surface area contributed by atoms with E-state index in [0.717, 1.165) is 29.8 Å². The summed E-state index contributed by atoms with van der Waals surface area (Å²) in [5.41, 5.74) is 3.16. The van der Waals surface area contributed by atoms with Crippen LogP contribution < -0.4 is 16.2 Å². The van der Waals surface area contributed by atoms with Crippen LogP contribution in [-0.2, 0) is 33.5 Å². The minimum Gasteiger partial charge on any atom is -0.334 e. The van der Waals surface area contributed by atoms with Gasteiger partial charge in [0.1, 0.15) is 5.69 Å². The Balaban J connectivity index is 2.08. The molecule has 0 aliphatic rings. The molecule has 7 heteroatoms. The van der Waals surface area contributed by atoms with Crippen molar-refractivity contribution in [1.82, 2.24) is 19.7 Å². The van der Waals surface area contributed by atoms with Crippen molar-refractivity contribution in [3.63, 3.8) is 0 Å². The summed E-state index contributed by atoms with van der Waals surface area (Å²) in [6, 6.07) is 2.89. The maximum Gasteiger partial charge on any atom is 0.319 e. The van der Waals surface area contributed by atoms with Crippen LogP contribution in [0.15, 0.2) is 23.1 Å². The molecule has 0 saturated heterocycles. The zero-order valence-electron chi connectivity index (χ0n) is 14.0. The summed E-state index contributed by atoms with van der Waals surface area (Å²) in [4.78, 5) is 23.9. The molecular formula is C16H23N5O2. The number of rotatable bonds is 5. The van der Waals surface area contributed by atoms with Crippen molar-refractivity contribution in [3.05, 3.63) is 45.6 Å². The number of carbonyl (C=O) groups is 1. The molecule has 2 heterocycles. The van der Waals surface area contributed by atoms with Crippen molar-refractivity contribution in [2.75, 3.05) is 5.32 Å². The van der Waals surface area contributed by atoms with Gasteiger partial charge in [-0.05, 0) is 25.0 Å². The summed E-state index contributed by atoms with van der Waals surface area (Å²) in [5.74, 6) is 0. The zero-order chi connectivity index (χ0) is 17.0. The molecule has 2 N–H and O–H groups in total. The van der Waals surface area contributed by atoms with Crippen molar-refractivity contribution in [2.45, 2.75) is 33.2 Å². The van der Waals surface area contributed by atoms with Crippen LogP contribution in [0.3, 0.4) is 0 Å². The van der Waals surface area contributed by atoms with Gasteiger partial charge in [0.25, 0.3) is 5.56 Å². The molecule has 7 nitrogen and oxygen atoms in total. The molecule has 0 bridgehead atoms. The minimum atomic E-state index is -0.402. The third-order valence-corrected chi connectivity index (χ3v) is 3.83. The number of aromatic nitrogens is 3. The first kappa shape index (κ1) is 16.8. The highest BCUT2D eigenvalue weighted by molar-refractivity contribution is 5.88. The summed E-state index contributed by atoms with van der Waals surface area (Å²) >= 11 is 0. The van der Waals surface area contributed by atoms with Crippen LogP contribution in [0.2, 0.25) is 0 Å². The quantitative estimate of drug-likeness (QED) is 0.878. The molecule has 0 aliphatic heterocycles. The second kappa shape index (κ2) is 7.13. The highest BCUT2D eigenvalue weighted by atomic mass is 16.2. The first-order chi connectivity index (χ1) is 11.0. The van der Waals surface area contributed by atoms with Crippen LogP contribution >= 0.6 is 0 Å². The Bertz CT molecular complexity index is 760. The van der Waals surface area contributed by atoms with Gasteiger partial charge in [-0.3, -0.25) is 9.48 Å². The summed E-state index contributed by atoms with van der Waals surface area (Å²) in [6.07, 6.45) is 3.30. The number of hydrogen-bond acceptors (Lipinski definition) is 3. The first-order valence-electron chi connectivity index (χ1n) is 7.72. The molecule has 124 valence electrons. The molecule has 0 aliphatic carbocycles. The van der Waals surface area contributed by atoms with Gasteiger partial charge in [-0.2, -0.15) is 5.10 Å². The van der Waals surface area contributed by atoms with Gasteiger partial charge in [0, 0.05) is 38.1 Å². The van der Waals surface area contributed by atoms with Gasteiger partial charge in [-0.25, -0.2) is 4.79 Å². The predicted molar refractivity (Wildman–Crippen MR) is 89.5 cm³/mol. The Kier molecular flexibility index (Phi) is 5.20. The smallest absolute Gasteiger partial charge is 0.319 e. The Labute approximate surface area is 135 Å². The Morgan fingerprint density at radius 3 is 2.65 bits per heavy atom. The lowest BCUT2D eigenvalue weighted by Gasteiger charge is -2.09. The van der Waals surface area contributed by atoms with Gasteiger partial charge in [-0.15, -0.1) is 0 Å². The third kappa shape index (κ3) is 3.61. The summed E-state index contributed by atoms with van der Waals surface area (Å²) in [6.45, 7) is 4.49. The number of hydrogen-bond donors (Lipinski definition) is 2. The average molecular weight is 317 g/mol. The monoisotopic (exact) mass is 317 g/mol. The second-order valence-electron chi connectivity index (χ2n) is 5.35. The highest BCUT2D eigenvalue weighted by Crippen LogP contribution is 2.15. The van der Waals surface area contributed by atoms with Crippen LogP contribution in [0.25, 0.3) is 0 Å². The fourth-order valence-corrected chi connectivity index (χ4v) is 2.62. The molecule has 23 heavy (non-hydrogen) atoms. The SMILES string of the molecule is CCc1nn(C)c(CC)c1CNC(=O)Nc1cccn(C)c1=O. The topological polar surface area (TPSA) is 81.0 Å². The molecule has 0 saturated carbocycles. The Morgan fingerprint density at radius 1 is 1.26 bits per heavy atom. The fourth-order valence-electron chi connectivity index (χ4n) is 2.62. The van der Waals surface area contributed by atoms with Crippen molar-refractivity contribution in [2.24, 2.45) is 14.1 Å². The first-order valence-corrected chi connectivity index (χ1v) is 7.72. The number of urea groups is 1. The second-order valence-corrected chi connectivity index (χ2v) is 5.35. The van der Waals surface area contributed by atoms with E-state index in [9.17, 15) is 9.59 Å². The molecule has 0 aromatic carbocycles. The zero-order valence-corrected chi connectivity index (χ0v) is 14.0. The number of anilines is 1. The van der Waals surface area contributed by atoms with Crippen LogP contribution in [0.4, 0.5) is 10.5 Å². The maximum absolute atomic E-state index is 12.1. The normalized spacial score (nSPS) is 10.6. The number of aryl methyl sites for hydroxylation is 3. The summed E-state index contributed by atoms with van der Waals surface area (Å²) < 4.78 is 3.28. The Hall–Kier alpha value is -2.57. The van der Waals surface area contributed by atoms with E-state index in [4.69, 9.17) is 0 Å². The van der Waals surface area contributed by atoms with E-state index < -0.39 is 6.03 Å². The average Bonchev–Trinajstić information content (AvgIpc) is 2.84. The number of carbonyl (C=O) groups excluding carboxylic acids is 1. The number of nitrogens with zero attached hydrogens (tertiary/aromatic N) is 3. The van der Waals surface area contributed by atoms with Crippen molar-refractivity contribution in [1.29, 1.82) is 0 Å². The molecule has 0 radical (unpaired) electrons. The van der Waals surface area contributed by atoms with Gasteiger partial charge in [0.2, 0.25) is 0 Å². The van der Waals surface area contributed by atoms with Gasteiger partial charge in [-0.1, -0.05) is 13.8 Å². The molecule has 0 unspecified atom stereocenters. The van der Waals surface area contributed by atoms with Gasteiger partial charge < -0.3 is 15.2 Å². The lowest BCUT2D eigenvalue weighted by Crippen LogP contribution is -2.32.